The van der Waals surface area contributed by atoms with E-state index in [2.05, 4.69) is 5.32 Å². The molecule has 2 aromatic carbocycles. The maximum absolute atomic E-state index is 13.8. The fourth-order valence-electron chi connectivity index (χ4n) is 5.29. The first-order chi connectivity index (χ1) is 22.7. The maximum atomic E-state index is 13.8. The van der Waals surface area contributed by atoms with Crippen molar-refractivity contribution in [1.29, 1.82) is 0 Å². The molecule has 0 bridgehead atoms. The van der Waals surface area contributed by atoms with Gasteiger partial charge >= 0.3 is 17.9 Å². The standard InChI is InChI=1S/C35H44N2O11/c1-22(38)47-21-35(2,3)32(42)33(43)37-18-7-6-11-26(37)34(44)48-27(14-12-23-13-15-28(45-4)29(19-23)46-5)24-9-8-10-25(20-24)36-30(39)16-17-31(40)41/h8-10,13,15,19-20,26-27H,6-7,11-12,14,16-18,21H2,1-5H3,(H,36,39)(H,40,41)/t26-,27+/m0/s1. The van der Waals surface area contributed by atoms with E-state index in [-0.39, 0.29) is 26.0 Å². The molecule has 13 nitrogen and oxygen atoms in total. The predicted octanol–water partition coefficient (Wildman–Crippen LogP) is 4.26. The third-order valence-electron chi connectivity index (χ3n) is 7.99. The summed E-state index contributed by atoms with van der Waals surface area (Å²) in [5.41, 5.74) is 0.533. The summed E-state index contributed by atoms with van der Waals surface area (Å²) < 4.78 is 21.9. The molecule has 2 aromatic rings. The lowest BCUT2D eigenvalue weighted by molar-refractivity contribution is -0.165. The summed E-state index contributed by atoms with van der Waals surface area (Å²) in [6.45, 7) is 4.12. The van der Waals surface area contributed by atoms with Crippen LogP contribution in [0.1, 0.15) is 76.5 Å². The van der Waals surface area contributed by atoms with Gasteiger partial charge in [0.05, 0.1) is 26.1 Å². The number of aryl methyl sites for hydroxylation is 1. The van der Waals surface area contributed by atoms with Gasteiger partial charge in [-0.1, -0.05) is 18.2 Å². The molecule has 1 aliphatic heterocycles. The Morgan fingerprint density at radius 2 is 1.71 bits per heavy atom. The lowest BCUT2D eigenvalue weighted by Crippen LogP contribution is -2.53. The van der Waals surface area contributed by atoms with E-state index in [0.29, 0.717) is 54.9 Å². The van der Waals surface area contributed by atoms with Crippen LogP contribution >= 0.6 is 0 Å². The van der Waals surface area contributed by atoms with Crippen molar-refractivity contribution < 1.29 is 52.8 Å². The van der Waals surface area contributed by atoms with Crippen LogP contribution in [0.4, 0.5) is 5.69 Å². The Balaban J connectivity index is 1.87. The SMILES string of the molecule is COc1ccc(CC[C@@H](OC(=O)[C@@H]2CCCCN2C(=O)C(=O)C(C)(C)COC(C)=O)c2cccc(NC(=O)CCC(=O)O)c2)cc1OC. The van der Waals surface area contributed by atoms with Crippen molar-refractivity contribution in [3.8, 4) is 11.5 Å². The van der Waals surface area contributed by atoms with Crippen LogP contribution in [0.25, 0.3) is 0 Å². The molecule has 2 N–H and O–H groups in total. The fraction of sp³-hybridized carbons (Fsp3) is 0.486. The second-order valence-corrected chi connectivity index (χ2v) is 12.2. The van der Waals surface area contributed by atoms with Gasteiger partial charge in [-0.15, -0.1) is 0 Å². The molecule has 1 saturated heterocycles. The number of esters is 2. The smallest absolute Gasteiger partial charge is 0.329 e. The minimum Gasteiger partial charge on any atom is -0.493 e. The van der Waals surface area contributed by atoms with Gasteiger partial charge in [-0.25, -0.2) is 4.79 Å². The zero-order valence-corrected chi connectivity index (χ0v) is 28.0. The highest BCUT2D eigenvalue weighted by molar-refractivity contribution is 6.38. The molecule has 1 aliphatic rings. The molecule has 0 aromatic heterocycles. The first-order valence-electron chi connectivity index (χ1n) is 15.8. The van der Waals surface area contributed by atoms with Crippen molar-refractivity contribution in [3.63, 3.8) is 0 Å². The number of ketones is 1. The first kappa shape index (κ1) is 37.5. The van der Waals surface area contributed by atoms with Gasteiger partial charge in [0.2, 0.25) is 11.7 Å². The van der Waals surface area contributed by atoms with Crippen LogP contribution in [-0.2, 0) is 44.7 Å². The molecule has 13 heteroatoms. The second kappa shape index (κ2) is 17.3. The third kappa shape index (κ3) is 10.5. The van der Waals surface area contributed by atoms with Gasteiger partial charge in [-0.05, 0) is 81.3 Å². The van der Waals surface area contributed by atoms with Crippen molar-refractivity contribution in [2.75, 3.05) is 32.7 Å². The number of carbonyl (C=O) groups excluding carboxylic acids is 5. The van der Waals surface area contributed by atoms with E-state index >= 15 is 0 Å². The average molecular weight is 669 g/mol. The molecular weight excluding hydrogens is 624 g/mol. The van der Waals surface area contributed by atoms with Crippen molar-refractivity contribution >= 4 is 41.2 Å². The number of rotatable bonds is 16. The Morgan fingerprint density at radius 1 is 0.979 bits per heavy atom. The molecule has 2 atom stereocenters. The van der Waals surface area contributed by atoms with E-state index < -0.39 is 53.1 Å². The Labute approximate surface area is 279 Å². The van der Waals surface area contributed by atoms with Gasteiger partial charge < -0.3 is 34.3 Å². The molecule has 0 radical (unpaired) electrons. The van der Waals surface area contributed by atoms with Crippen LogP contribution in [0, 0.1) is 5.41 Å². The number of Topliss-reactive ketones (excluding diaryl/α,β-unsaturated/α-hetero) is 1. The summed E-state index contributed by atoms with van der Waals surface area (Å²) in [4.78, 5) is 76.3. The summed E-state index contributed by atoms with van der Waals surface area (Å²) in [5, 5.41) is 11.6. The van der Waals surface area contributed by atoms with Gasteiger partial charge in [-0.3, -0.25) is 24.0 Å². The van der Waals surface area contributed by atoms with Crippen molar-refractivity contribution in [2.24, 2.45) is 5.41 Å². The van der Waals surface area contributed by atoms with Gasteiger partial charge in [-0.2, -0.15) is 0 Å². The molecule has 0 unspecified atom stereocenters. The summed E-state index contributed by atoms with van der Waals surface area (Å²) in [6, 6.07) is 11.2. The zero-order chi connectivity index (χ0) is 35.4. The lowest BCUT2D eigenvalue weighted by atomic mass is 9.87. The Bertz CT molecular complexity index is 1500. The van der Waals surface area contributed by atoms with E-state index in [4.69, 9.17) is 24.1 Å². The summed E-state index contributed by atoms with van der Waals surface area (Å²) >= 11 is 0. The number of methoxy groups -OCH3 is 2. The fourth-order valence-corrected chi connectivity index (χ4v) is 5.29. The van der Waals surface area contributed by atoms with Crippen LogP contribution in [0.2, 0.25) is 0 Å². The number of benzene rings is 2. The molecule has 0 saturated carbocycles. The van der Waals surface area contributed by atoms with E-state index in [1.54, 1.807) is 30.3 Å². The molecule has 1 fully saturated rings. The van der Waals surface area contributed by atoms with E-state index in [9.17, 15) is 28.8 Å². The number of aliphatic carboxylic acids is 1. The average Bonchev–Trinajstić information content (AvgIpc) is 3.07. The third-order valence-corrected chi connectivity index (χ3v) is 7.99. The zero-order valence-electron chi connectivity index (χ0n) is 28.0. The second-order valence-electron chi connectivity index (χ2n) is 12.2. The number of hydrogen-bond acceptors (Lipinski definition) is 10. The van der Waals surface area contributed by atoms with E-state index in [1.165, 1.54) is 39.9 Å². The number of piperidine rings is 1. The number of carboxylic acid groups (broad SMARTS) is 1. The molecule has 0 spiro atoms. The largest absolute Gasteiger partial charge is 0.493 e. The molecule has 48 heavy (non-hydrogen) atoms. The highest BCUT2D eigenvalue weighted by Gasteiger charge is 2.42. The van der Waals surface area contributed by atoms with Crippen LogP contribution < -0.4 is 14.8 Å². The van der Waals surface area contributed by atoms with E-state index in [1.807, 2.05) is 12.1 Å². The van der Waals surface area contributed by atoms with Crippen LogP contribution in [0.5, 0.6) is 11.5 Å². The van der Waals surface area contributed by atoms with Crippen LogP contribution in [0.3, 0.4) is 0 Å². The molecular formula is C35H44N2O11. The number of amides is 2. The Kier molecular flexibility index (Phi) is 13.5. The Hall–Kier alpha value is -4.94. The minimum absolute atomic E-state index is 0.183. The minimum atomic E-state index is -1.30. The highest BCUT2D eigenvalue weighted by atomic mass is 16.5. The van der Waals surface area contributed by atoms with Gasteiger partial charge in [0.1, 0.15) is 18.8 Å². The predicted molar refractivity (Wildman–Crippen MR) is 173 cm³/mol. The van der Waals surface area contributed by atoms with E-state index in [0.717, 1.165) is 5.56 Å². The first-order valence-corrected chi connectivity index (χ1v) is 15.8. The number of nitrogens with one attached hydrogen (secondary N) is 1. The van der Waals surface area contributed by atoms with Crippen LogP contribution in [-0.4, -0.2) is 78.9 Å². The number of likely N-dealkylation sites (tertiary alicyclic amines) is 1. The lowest BCUT2D eigenvalue weighted by Gasteiger charge is -2.36. The van der Waals surface area contributed by atoms with Crippen molar-refractivity contribution in [3.05, 3.63) is 53.6 Å². The van der Waals surface area contributed by atoms with Gasteiger partial charge in [0, 0.05) is 25.6 Å². The Morgan fingerprint density at radius 3 is 2.38 bits per heavy atom. The topological polar surface area (TPSA) is 175 Å². The highest BCUT2D eigenvalue weighted by Crippen LogP contribution is 2.32. The molecule has 1 heterocycles. The number of nitrogens with zero attached hydrogens (tertiary/aromatic N) is 1. The summed E-state index contributed by atoms with van der Waals surface area (Å²) in [5.74, 6) is -3.36. The quantitative estimate of drug-likeness (QED) is 0.193. The molecule has 260 valence electrons. The monoisotopic (exact) mass is 668 g/mol. The number of ether oxygens (including phenoxy) is 4. The number of carbonyl (C=O) groups is 6. The molecule has 3 rings (SSSR count). The number of hydrogen-bond donors (Lipinski definition) is 2. The maximum Gasteiger partial charge on any atom is 0.329 e. The van der Waals surface area contributed by atoms with Crippen LogP contribution in [0.15, 0.2) is 42.5 Å². The number of anilines is 1. The van der Waals surface area contributed by atoms with Crippen molar-refractivity contribution in [1.82, 2.24) is 4.90 Å². The summed E-state index contributed by atoms with van der Waals surface area (Å²) in [6.07, 6.45) is 0.940. The normalized spacial score (nSPS) is 15.1. The molecule has 2 amide bonds. The van der Waals surface area contributed by atoms with Gasteiger partial charge in [0.15, 0.2) is 11.5 Å². The summed E-state index contributed by atoms with van der Waals surface area (Å²) in [7, 11) is 3.07. The molecule has 0 aliphatic carbocycles. The van der Waals surface area contributed by atoms with Gasteiger partial charge in [0.25, 0.3) is 5.91 Å². The number of carboxylic acids is 1. The van der Waals surface area contributed by atoms with Crippen molar-refractivity contribution in [2.45, 2.75) is 77.9 Å².